The number of ether oxygens (including phenoxy) is 1. The molecular weight excluding hydrogens is 188 g/mol. The highest BCUT2D eigenvalue weighted by Gasteiger charge is 2.23. The van der Waals surface area contributed by atoms with Gasteiger partial charge in [-0.05, 0) is 50.7 Å². The Morgan fingerprint density at radius 1 is 1.33 bits per heavy atom. The predicted octanol–water partition coefficient (Wildman–Crippen LogP) is 0.954. The smallest absolute Gasteiger partial charge is 0.0502 e. The van der Waals surface area contributed by atoms with E-state index in [-0.39, 0.29) is 0 Å². The van der Waals surface area contributed by atoms with Gasteiger partial charge in [0.2, 0.25) is 0 Å². The lowest BCUT2D eigenvalue weighted by molar-refractivity contribution is 0.0840. The third-order valence-corrected chi connectivity index (χ3v) is 3.68. The maximum Gasteiger partial charge on any atom is 0.0502 e. The molecule has 0 radical (unpaired) electrons. The fraction of sp³-hybridized carbons (Fsp3) is 1.00. The van der Waals surface area contributed by atoms with Crippen LogP contribution < -0.4 is 5.32 Å². The Bertz CT molecular complexity index is 178. The third kappa shape index (κ3) is 3.44. The summed E-state index contributed by atoms with van der Waals surface area (Å²) in [6, 6.07) is 0. The first-order valence-electron chi connectivity index (χ1n) is 6.30. The summed E-state index contributed by atoms with van der Waals surface area (Å²) in [7, 11) is 1.82. The van der Waals surface area contributed by atoms with E-state index in [0.717, 1.165) is 18.4 Å². The summed E-state index contributed by atoms with van der Waals surface area (Å²) >= 11 is 0. The minimum atomic E-state index is 0.776. The van der Waals surface area contributed by atoms with E-state index in [0.29, 0.717) is 0 Å². The van der Waals surface area contributed by atoms with Gasteiger partial charge >= 0.3 is 0 Å². The van der Waals surface area contributed by atoms with E-state index in [9.17, 15) is 0 Å². The number of piperidine rings is 1. The van der Waals surface area contributed by atoms with Crippen LogP contribution in [0.4, 0.5) is 0 Å². The summed E-state index contributed by atoms with van der Waals surface area (Å²) in [5.41, 5.74) is 0. The van der Waals surface area contributed by atoms with Crippen LogP contribution in [0.3, 0.4) is 0 Å². The van der Waals surface area contributed by atoms with Crippen molar-refractivity contribution in [2.45, 2.75) is 19.3 Å². The van der Waals surface area contributed by atoms with Crippen molar-refractivity contribution in [3.8, 4) is 0 Å². The van der Waals surface area contributed by atoms with Crippen molar-refractivity contribution in [2.75, 3.05) is 46.4 Å². The normalized spacial score (nSPS) is 33.4. The van der Waals surface area contributed by atoms with Gasteiger partial charge in [0.1, 0.15) is 0 Å². The van der Waals surface area contributed by atoms with E-state index in [1.807, 2.05) is 7.11 Å². The van der Waals surface area contributed by atoms with Crippen LogP contribution in [-0.2, 0) is 4.74 Å². The zero-order chi connectivity index (χ0) is 10.5. The van der Waals surface area contributed by atoms with Crippen LogP contribution in [-0.4, -0.2) is 51.3 Å². The monoisotopic (exact) mass is 212 g/mol. The summed E-state index contributed by atoms with van der Waals surface area (Å²) in [5, 5.41) is 3.45. The number of methoxy groups -OCH3 is 1. The van der Waals surface area contributed by atoms with Gasteiger partial charge in [-0.15, -0.1) is 0 Å². The van der Waals surface area contributed by atoms with Crippen molar-refractivity contribution in [1.29, 1.82) is 0 Å². The van der Waals surface area contributed by atoms with Crippen LogP contribution in [0.5, 0.6) is 0 Å². The Kier molecular flexibility index (Phi) is 4.42. The molecule has 15 heavy (non-hydrogen) atoms. The molecule has 2 aliphatic rings. The van der Waals surface area contributed by atoms with Crippen molar-refractivity contribution in [3.05, 3.63) is 0 Å². The van der Waals surface area contributed by atoms with Gasteiger partial charge in [-0.1, -0.05) is 0 Å². The van der Waals surface area contributed by atoms with E-state index in [2.05, 4.69) is 10.2 Å². The second-order valence-corrected chi connectivity index (χ2v) is 5.08. The zero-order valence-electron chi connectivity index (χ0n) is 9.87. The Hall–Kier alpha value is -0.120. The first-order valence-corrected chi connectivity index (χ1v) is 6.30. The Morgan fingerprint density at radius 3 is 3.00 bits per heavy atom. The second-order valence-electron chi connectivity index (χ2n) is 5.08. The minimum Gasteiger partial charge on any atom is -0.384 e. The Labute approximate surface area is 93.2 Å². The van der Waals surface area contributed by atoms with Crippen molar-refractivity contribution >= 4 is 0 Å². The number of likely N-dealkylation sites (tertiary alicyclic amines) is 1. The van der Waals surface area contributed by atoms with Gasteiger partial charge in [0.25, 0.3) is 0 Å². The summed E-state index contributed by atoms with van der Waals surface area (Å²) in [5.74, 6) is 1.67. The quantitative estimate of drug-likeness (QED) is 0.751. The highest BCUT2D eigenvalue weighted by Crippen LogP contribution is 2.19. The van der Waals surface area contributed by atoms with Crippen LogP contribution in [0.2, 0.25) is 0 Å². The molecule has 0 aromatic heterocycles. The van der Waals surface area contributed by atoms with Crippen molar-refractivity contribution < 1.29 is 4.74 Å². The SMILES string of the molecule is COCC1CCCN(CC2CCNC2)C1. The van der Waals surface area contributed by atoms with Gasteiger partial charge < -0.3 is 15.0 Å². The van der Waals surface area contributed by atoms with Crippen LogP contribution in [0.25, 0.3) is 0 Å². The van der Waals surface area contributed by atoms with Crippen molar-refractivity contribution in [3.63, 3.8) is 0 Å². The lowest BCUT2D eigenvalue weighted by atomic mass is 9.97. The number of nitrogens with zero attached hydrogens (tertiary/aromatic N) is 1. The first-order chi connectivity index (χ1) is 7.38. The van der Waals surface area contributed by atoms with Gasteiger partial charge in [-0.25, -0.2) is 0 Å². The average molecular weight is 212 g/mol. The second kappa shape index (κ2) is 5.83. The lowest BCUT2D eigenvalue weighted by Gasteiger charge is -2.33. The maximum absolute atomic E-state index is 5.26. The molecule has 2 fully saturated rings. The van der Waals surface area contributed by atoms with Gasteiger partial charge in [0.15, 0.2) is 0 Å². The Balaban J connectivity index is 1.71. The summed E-state index contributed by atoms with van der Waals surface area (Å²) in [4.78, 5) is 2.64. The number of rotatable bonds is 4. The van der Waals surface area contributed by atoms with E-state index < -0.39 is 0 Å². The topological polar surface area (TPSA) is 24.5 Å². The summed E-state index contributed by atoms with van der Waals surface area (Å²) in [6.07, 6.45) is 4.08. The molecule has 0 bridgehead atoms. The molecule has 0 aliphatic carbocycles. The molecule has 2 rings (SSSR count). The van der Waals surface area contributed by atoms with Gasteiger partial charge in [-0.2, -0.15) is 0 Å². The molecule has 3 heteroatoms. The standard InChI is InChI=1S/C12H24N2O/c1-15-10-12-3-2-6-14(9-12)8-11-4-5-13-7-11/h11-13H,2-10H2,1H3. The van der Waals surface area contributed by atoms with Crippen LogP contribution in [0.15, 0.2) is 0 Å². The molecule has 3 nitrogen and oxygen atoms in total. The molecule has 88 valence electrons. The molecular formula is C12H24N2O. The molecule has 0 aromatic carbocycles. The summed E-state index contributed by atoms with van der Waals surface area (Å²) in [6.45, 7) is 7.25. The van der Waals surface area contributed by atoms with Crippen LogP contribution in [0.1, 0.15) is 19.3 Å². The van der Waals surface area contributed by atoms with Gasteiger partial charge in [0, 0.05) is 20.2 Å². The molecule has 0 spiro atoms. The Morgan fingerprint density at radius 2 is 2.27 bits per heavy atom. The van der Waals surface area contributed by atoms with Gasteiger partial charge in [0.05, 0.1) is 6.61 Å². The van der Waals surface area contributed by atoms with E-state index >= 15 is 0 Å². The average Bonchev–Trinajstić information content (AvgIpc) is 2.71. The number of hydrogen-bond donors (Lipinski definition) is 1. The van der Waals surface area contributed by atoms with Gasteiger partial charge in [-0.3, -0.25) is 0 Å². The zero-order valence-corrected chi connectivity index (χ0v) is 9.87. The fourth-order valence-corrected chi connectivity index (χ4v) is 2.92. The highest BCUT2D eigenvalue weighted by molar-refractivity contribution is 4.79. The fourth-order valence-electron chi connectivity index (χ4n) is 2.92. The third-order valence-electron chi connectivity index (χ3n) is 3.68. The molecule has 2 unspecified atom stereocenters. The lowest BCUT2D eigenvalue weighted by Crippen LogP contribution is -2.40. The largest absolute Gasteiger partial charge is 0.384 e. The molecule has 2 atom stereocenters. The van der Waals surface area contributed by atoms with Crippen LogP contribution in [0, 0.1) is 11.8 Å². The molecule has 2 saturated heterocycles. The number of nitrogens with one attached hydrogen (secondary N) is 1. The molecule has 0 amide bonds. The van der Waals surface area contributed by atoms with E-state index in [1.165, 1.54) is 52.0 Å². The van der Waals surface area contributed by atoms with Crippen molar-refractivity contribution in [2.24, 2.45) is 11.8 Å². The maximum atomic E-state index is 5.26. The summed E-state index contributed by atoms with van der Waals surface area (Å²) < 4.78 is 5.26. The minimum absolute atomic E-state index is 0.776. The molecule has 2 heterocycles. The van der Waals surface area contributed by atoms with E-state index in [1.54, 1.807) is 0 Å². The highest BCUT2D eigenvalue weighted by atomic mass is 16.5. The molecule has 2 aliphatic heterocycles. The van der Waals surface area contributed by atoms with Crippen LogP contribution >= 0.6 is 0 Å². The molecule has 0 aromatic rings. The number of hydrogen-bond acceptors (Lipinski definition) is 3. The molecule has 0 saturated carbocycles. The predicted molar refractivity (Wildman–Crippen MR) is 62.0 cm³/mol. The van der Waals surface area contributed by atoms with Crippen molar-refractivity contribution in [1.82, 2.24) is 10.2 Å². The molecule has 1 N–H and O–H groups in total. The first kappa shape index (κ1) is 11.4. The van der Waals surface area contributed by atoms with E-state index in [4.69, 9.17) is 4.74 Å².